The highest BCUT2D eigenvalue weighted by molar-refractivity contribution is 7.10. The molecule has 3 rings (SSSR count). The summed E-state index contributed by atoms with van der Waals surface area (Å²) in [6.45, 7) is 0.717. The second-order valence-corrected chi connectivity index (χ2v) is 6.18. The van der Waals surface area contributed by atoms with Crippen LogP contribution >= 0.6 is 22.9 Å². The lowest BCUT2D eigenvalue weighted by Crippen LogP contribution is -2.30. The number of hydrogen-bond acceptors (Lipinski definition) is 2. The Morgan fingerprint density at radius 1 is 1.40 bits per heavy atom. The number of carbonyl (C=O) groups is 1. The summed E-state index contributed by atoms with van der Waals surface area (Å²) in [4.78, 5) is 15.6. The van der Waals surface area contributed by atoms with Crippen molar-refractivity contribution in [1.82, 2.24) is 4.90 Å². The maximum atomic E-state index is 13.1. The maximum absolute atomic E-state index is 13.1. The quantitative estimate of drug-likeness (QED) is 0.799. The van der Waals surface area contributed by atoms with Crippen LogP contribution in [0.5, 0.6) is 0 Å². The summed E-state index contributed by atoms with van der Waals surface area (Å²) in [5.41, 5.74) is 0.372. The van der Waals surface area contributed by atoms with Crippen molar-refractivity contribution >= 4 is 28.8 Å². The lowest BCUT2D eigenvalue weighted by molar-refractivity contribution is 0.0738. The summed E-state index contributed by atoms with van der Waals surface area (Å²) in [5, 5.41) is 2.19. The molecule has 1 unspecified atom stereocenters. The highest BCUT2D eigenvalue weighted by Crippen LogP contribution is 2.36. The van der Waals surface area contributed by atoms with Crippen LogP contribution in [0.15, 0.2) is 35.7 Å². The predicted octanol–water partition coefficient (Wildman–Crippen LogP) is 4.52. The Balaban J connectivity index is 1.89. The molecule has 2 nitrogen and oxygen atoms in total. The van der Waals surface area contributed by atoms with Crippen molar-refractivity contribution in [3.63, 3.8) is 0 Å². The molecule has 2 aromatic rings. The van der Waals surface area contributed by atoms with E-state index < -0.39 is 5.82 Å². The van der Waals surface area contributed by atoms with Gasteiger partial charge in [-0.1, -0.05) is 17.7 Å². The van der Waals surface area contributed by atoms with Gasteiger partial charge in [0.05, 0.1) is 16.6 Å². The van der Waals surface area contributed by atoms with Gasteiger partial charge in [0.25, 0.3) is 5.91 Å². The van der Waals surface area contributed by atoms with Crippen molar-refractivity contribution in [2.24, 2.45) is 0 Å². The Morgan fingerprint density at radius 2 is 2.25 bits per heavy atom. The Labute approximate surface area is 125 Å². The van der Waals surface area contributed by atoms with Crippen molar-refractivity contribution in [2.75, 3.05) is 6.54 Å². The summed E-state index contributed by atoms with van der Waals surface area (Å²) >= 11 is 7.65. The van der Waals surface area contributed by atoms with E-state index in [0.717, 1.165) is 19.4 Å². The zero-order chi connectivity index (χ0) is 14.1. The van der Waals surface area contributed by atoms with Gasteiger partial charge in [0.1, 0.15) is 5.82 Å². The molecule has 1 aliphatic heterocycles. The Morgan fingerprint density at radius 3 is 2.95 bits per heavy atom. The monoisotopic (exact) mass is 309 g/mol. The SMILES string of the molecule is O=C(c1ccc(F)cc1Cl)N1CCCC1c1cccs1. The number of carbonyl (C=O) groups excluding carboxylic acids is 1. The minimum Gasteiger partial charge on any atom is -0.331 e. The maximum Gasteiger partial charge on any atom is 0.255 e. The molecule has 0 radical (unpaired) electrons. The number of benzene rings is 1. The third-order valence-electron chi connectivity index (χ3n) is 3.55. The summed E-state index contributed by atoms with van der Waals surface area (Å²) in [5.74, 6) is -0.548. The van der Waals surface area contributed by atoms with E-state index in [1.807, 2.05) is 22.4 Å². The van der Waals surface area contributed by atoms with Gasteiger partial charge < -0.3 is 4.90 Å². The van der Waals surface area contributed by atoms with Crippen LogP contribution in [0.3, 0.4) is 0 Å². The number of amides is 1. The first-order valence-corrected chi connectivity index (χ1v) is 7.72. The van der Waals surface area contributed by atoms with Gasteiger partial charge in [-0.05, 0) is 42.5 Å². The lowest BCUT2D eigenvalue weighted by atomic mass is 10.1. The number of halogens is 2. The fourth-order valence-corrected chi connectivity index (χ4v) is 3.73. The summed E-state index contributed by atoms with van der Waals surface area (Å²) in [6, 6.07) is 8.08. The summed E-state index contributed by atoms with van der Waals surface area (Å²) < 4.78 is 13.1. The molecule has 20 heavy (non-hydrogen) atoms. The lowest BCUT2D eigenvalue weighted by Gasteiger charge is -2.24. The molecule has 1 aliphatic rings. The second kappa shape index (κ2) is 5.54. The van der Waals surface area contributed by atoms with E-state index in [9.17, 15) is 9.18 Å². The third kappa shape index (κ3) is 2.45. The first kappa shape index (κ1) is 13.6. The van der Waals surface area contributed by atoms with Crippen LogP contribution < -0.4 is 0 Å². The number of hydrogen-bond donors (Lipinski definition) is 0. The van der Waals surface area contributed by atoms with Crippen LogP contribution in [0.25, 0.3) is 0 Å². The van der Waals surface area contributed by atoms with E-state index in [1.54, 1.807) is 11.3 Å². The minimum atomic E-state index is -0.428. The standard InChI is InChI=1S/C15H13ClFNOS/c16-12-9-10(17)5-6-11(12)15(19)18-7-1-3-13(18)14-4-2-8-20-14/h2,4-6,8-9,13H,1,3,7H2. The molecule has 1 aromatic carbocycles. The van der Waals surface area contributed by atoms with Gasteiger partial charge in [0.2, 0.25) is 0 Å². The molecule has 1 aromatic heterocycles. The first-order valence-electron chi connectivity index (χ1n) is 6.46. The van der Waals surface area contributed by atoms with Crippen LogP contribution in [0.2, 0.25) is 5.02 Å². The van der Waals surface area contributed by atoms with Gasteiger partial charge in [0.15, 0.2) is 0 Å². The molecular formula is C15H13ClFNOS. The second-order valence-electron chi connectivity index (χ2n) is 4.80. The van der Waals surface area contributed by atoms with E-state index in [4.69, 9.17) is 11.6 Å². The molecule has 5 heteroatoms. The van der Waals surface area contributed by atoms with E-state index in [0.29, 0.717) is 5.56 Å². The Hall–Kier alpha value is -1.39. The summed E-state index contributed by atoms with van der Waals surface area (Å²) in [6.07, 6.45) is 1.94. The molecule has 104 valence electrons. The molecule has 1 saturated heterocycles. The van der Waals surface area contributed by atoms with Crippen LogP contribution in [0, 0.1) is 5.82 Å². The fraction of sp³-hybridized carbons (Fsp3) is 0.267. The molecule has 0 aliphatic carbocycles. The van der Waals surface area contributed by atoms with Gasteiger partial charge in [-0.25, -0.2) is 4.39 Å². The van der Waals surface area contributed by atoms with Crippen molar-refractivity contribution in [1.29, 1.82) is 0 Å². The molecule has 1 amide bonds. The van der Waals surface area contributed by atoms with Crippen LogP contribution in [-0.4, -0.2) is 17.4 Å². The summed E-state index contributed by atoms with van der Waals surface area (Å²) in [7, 11) is 0. The Kier molecular flexibility index (Phi) is 3.76. The van der Waals surface area contributed by atoms with Crippen molar-refractivity contribution in [2.45, 2.75) is 18.9 Å². The molecule has 2 heterocycles. The van der Waals surface area contributed by atoms with Crippen LogP contribution in [-0.2, 0) is 0 Å². The third-order valence-corrected chi connectivity index (χ3v) is 4.83. The molecule has 0 spiro atoms. The van der Waals surface area contributed by atoms with Gasteiger partial charge in [-0.2, -0.15) is 0 Å². The number of nitrogens with zero attached hydrogens (tertiary/aromatic N) is 1. The molecular weight excluding hydrogens is 297 g/mol. The predicted molar refractivity (Wildman–Crippen MR) is 78.7 cm³/mol. The van der Waals surface area contributed by atoms with Gasteiger partial charge >= 0.3 is 0 Å². The topological polar surface area (TPSA) is 20.3 Å². The number of thiophene rings is 1. The van der Waals surface area contributed by atoms with Gasteiger partial charge in [0, 0.05) is 11.4 Å². The number of likely N-dealkylation sites (tertiary alicyclic amines) is 1. The minimum absolute atomic E-state index is 0.114. The largest absolute Gasteiger partial charge is 0.331 e. The average molecular weight is 310 g/mol. The van der Waals surface area contributed by atoms with Gasteiger partial charge in [-0.15, -0.1) is 11.3 Å². The number of rotatable bonds is 2. The van der Waals surface area contributed by atoms with Crippen molar-refractivity contribution in [3.05, 3.63) is 57.0 Å². The smallest absolute Gasteiger partial charge is 0.255 e. The van der Waals surface area contributed by atoms with Crippen LogP contribution in [0.4, 0.5) is 4.39 Å². The van der Waals surface area contributed by atoms with Crippen molar-refractivity contribution in [3.8, 4) is 0 Å². The highest BCUT2D eigenvalue weighted by Gasteiger charge is 2.31. The van der Waals surface area contributed by atoms with E-state index >= 15 is 0 Å². The average Bonchev–Trinajstić information content (AvgIpc) is 3.09. The van der Waals surface area contributed by atoms with E-state index in [1.165, 1.54) is 23.1 Å². The van der Waals surface area contributed by atoms with E-state index in [-0.39, 0.29) is 17.0 Å². The zero-order valence-electron chi connectivity index (χ0n) is 10.7. The molecule has 0 bridgehead atoms. The zero-order valence-corrected chi connectivity index (χ0v) is 12.3. The molecule has 0 N–H and O–H groups in total. The van der Waals surface area contributed by atoms with Gasteiger partial charge in [-0.3, -0.25) is 4.79 Å². The first-order chi connectivity index (χ1) is 9.66. The normalized spacial score (nSPS) is 18.5. The Bertz CT molecular complexity index is 629. The molecule has 1 atom stereocenters. The van der Waals surface area contributed by atoms with Crippen LogP contribution in [0.1, 0.15) is 34.1 Å². The van der Waals surface area contributed by atoms with E-state index in [2.05, 4.69) is 0 Å². The van der Waals surface area contributed by atoms with Crippen molar-refractivity contribution < 1.29 is 9.18 Å². The fourth-order valence-electron chi connectivity index (χ4n) is 2.60. The molecule has 1 fully saturated rings. The molecule has 0 saturated carbocycles. The highest BCUT2D eigenvalue weighted by atomic mass is 35.5.